The maximum Gasteiger partial charge on any atom is 0.162 e. The Balaban J connectivity index is 1.69. The summed E-state index contributed by atoms with van der Waals surface area (Å²) < 4.78 is 12.7. The van der Waals surface area contributed by atoms with Crippen molar-refractivity contribution in [2.75, 3.05) is 6.61 Å². The van der Waals surface area contributed by atoms with Crippen LogP contribution in [0.3, 0.4) is 0 Å². The largest absolute Gasteiger partial charge is 0.490 e. The van der Waals surface area contributed by atoms with Crippen molar-refractivity contribution in [2.24, 2.45) is 0 Å². The van der Waals surface area contributed by atoms with E-state index < -0.39 is 0 Å². The van der Waals surface area contributed by atoms with E-state index in [1.807, 2.05) is 37.3 Å². The van der Waals surface area contributed by atoms with Crippen LogP contribution in [0, 0.1) is 0 Å². The molecule has 0 saturated carbocycles. The van der Waals surface area contributed by atoms with Gasteiger partial charge in [-0.25, -0.2) is 0 Å². The fourth-order valence-corrected chi connectivity index (χ4v) is 3.66. The summed E-state index contributed by atoms with van der Waals surface area (Å²) in [6, 6.07) is 13.3. The molecular formula is C22H21BrCl2N2O2. The van der Waals surface area contributed by atoms with E-state index in [4.69, 9.17) is 32.7 Å². The number of aromatic nitrogens is 1. The monoisotopic (exact) mass is 494 g/mol. The van der Waals surface area contributed by atoms with Crippen LogP contribution < -0.4 is 14.8 Å². The molecule has 0 bridgehead atoms. The summed E-state index contributed by atoms with van der Waals surface area (Å²) in [5.74, 6) is 1.35. The third kappa shape index (κ3) is 6.34. The molecule has 0 unspecified atom stereocenters. The quantitative estimate of drug-likeness (QED) is 0.372. The standard InChI is InChI=1S/C22H21BrCl2N2O2/c1-2-28-21-9-17(13-27-12-15-5-7-26-8-6-15)19(23)11-22(21)29-14-16-3-4-18(24)10-20(16)25/h3-11,27H,2,12-14H2,1H3. The number of nitrogens with one attached hydrogen (secondary N) is 1. The van der Waals surface area contributed by atoms with Gasteiger partial charge in [-0.2, -0.15) is 0 Å². The maximum absolute atomic E-state index is 6.24. The van der Waals surface area contributed by atoms with Gasteiger partial charge in [-0.3, -0.25) is 4.98 Å². The number of pyridine rings is 1. The average Bonchev–Trinajstić information content (AvgIpc) is 2.71. The molecule has 0 amide bonds. The second-order valence-corrected chi connectivity index (χ2v) is 8.00. The Kier molecular flexibility index (Phi) is 8.19. The molecule has 4 nitrogen and oxygen atoms in total. The van der Waals surface area contributed by atoms with Crippen LogP contribution in [0.2, 0.25) is 10.0 Å². The Morgan fingerprint density at radius 2 is 1.69 bits per heavy atom. The molecule has 0 radical (unpaired) electrons. The molecule has 1 aromatic heterocycles. The van der Waals surface area contributed by atoms with Gasteiger partial charge in [0.2, 0.25) is 0 Å². The van der Waals surface area contributed by atoms with Crippen molar-refractivity contribution in [2.45, 2.75) is 26.6 Å². The molecule has 0 saturated heterocycles. The van der Waals surface area contributed by atoms with Gasteiger partial charge >= 0.3 is 0 Å². The van der Waals surface area contributed by atoms with Gasteiger partial charge in [0.1, 0.15) is 6.61 Å². The number of hydrogen-bond acceptors (Lipinski definition) is 4. The first-order chi connectivity index (χ1) is 14.1. The molecule has 7 heteroatoms. The Labute approximate surface area is 189 Å². The molecule has 29 heavy (non-hydrogen) atoms. The SMILES string of the molecule is CCOc1cc(CNCc2ccncc2)c(Br)cc1OCc1ccc(Cl)cc1Cl. The van der Waals surface area contributed by atoms with E-state index in [2.05, 4.69) is 26.2 Å². The van der Waals surface area contributed by atoms with Crippen LogP contribution >= 0.6 is 39.1 Å². The Morgan fingerprint density at radius 1 is 0.931 bits per heavy atom. The highest BCUT2D eigenvalue weighted by atomic mass is 79.9. The topological polar surface area (TPSA) is 43.4 Å². The first-order valence-corrected chi connectivity index (χ1v) is 10.7. The van der Waals surface area contributed by atoms with Crippen LogP contribution in [0.15, 0.2) is 59.3 Å². The van der Waals surface area contributed by atoms with Gasteiger partial charge in [-0.1, -0.05) is 45.2 Å². The minimum Gasteiger partial charge on any atom is -0.490 e. The predicted octanol–water partition coefficient (Wildman–Crippen LogP) is 6.42. The first-order valence-electron chi connectivity index (χ1n) is 9.18. The predicted molar refractivity (Wildman–Crippen MR) is 121 cm³/mol. The number of nitrogens with zero attached hydrogens (tertiary/aromatic N) is 1. The molecule has 0 fully saturated rings. The van der Waals surface area contributed by atoms with Crippen LogP contribution in [0.4, 0.5) is 0 Å². The lowest BCUT2D eigenvalue weighted by Crippen LogP contribution is -2.13. The molecule has 152 valence electrons. The van der Waals surface area contributed by atoms with E-state index in [1.54, 1.807) is 24.5 Å². The van der Waals surface area contributed by atoms with Gasteiger partial charge in [-0.05, 0) is 54.4 Å². The number of ether oxygens (including phenoxy) is 2. The van der Waals surface area contributed by atoms with Crippen molar-refractivity contribution in [1.82, 2.24) is 10.3 Å². The van der Waals surface area contributed by atoms with Crippen LogP contribution in [-0.4, -0.2) is 11.6 Å². The molecule has 0 spiro atoms. The van der Waals surface area contributed by atoms with Crippen molar-refractivity contribution < 1.29 is 9.47 Å². The van der Waals surface area contributed by atoms with Crippen molar-refractivity contribution in [3.63, 3.8) is 0 Å². The van der Waals surface area contributed by atoms with Crippen molar-refractivity contribution in [1.29, 1.82) is 0 Å². The maximum atomic E-state index is 6.24. The van der Waals surface area contributed by atoms with Gasteiger partial charge in [0.25, 0.3) is 0 Å². The number of halogens is 3. The zero-order valence-corrected chi connectivity index (χ0v) is 19.0. The Bertz CT molecular complexity index is 955. The van der Waals surface area contributed by atoms with Crippen LogP contribution in [0.25, 0.3) is 0 Å². The van der Waals surface area contributed by atoms with E-state index in [9.17, 15) is 0 Å². The number of benzene rings is 2. The molecule has 1 N–H and O–H groups in total. The highest BCUT2D eigenvalue weighted by Crippen LogP contribution is 2.35. The van der Waals surface area contributed by atoms with Gasteiger partial charge in [0, 0.05) is 45.6 Å². The van der Waals surface area contributed by atoms with Crippen molar-refractivity contribution in [3.05, 3.63) is 86.1 Å². The van der Waals surface area contributed by atoms with Crippen molar-refractivity contribution >= 4 is 39.1 Å². The molecule has 2 aromatic carbocycles. The summed E-state index contributed by atoms with van der Waals surface area (Å²) in [4.78, 5) is 4.04. The molecule has 0 aliphatic rings. The average molecular weight is 496 g/mol. The third-order valence-electron chi connectivity index (χ3n) is 4.20. The minimum atomic E-state index is 0.322. The summed E-state index contributed by atoms with van der Waals surface area (Å²) in [5, 5.41) is 4.61. The van der Waals surface area contributed by atoms with Gasteiger partial charge in [-0.15, -0.1) is 0 Å². The second-order valence-electron chi connectivity index (χ2n) is 6.31. The molecule has 0 aliphatic carbocycles. The second kappa shape index (κ2) is 10.8. The fraction of sp³-hybridized carbons (Fsp3) is 0.227. The highest BCUT2D eigenvalue weighted by Gasteiger charge is 2.12. The van der Waals surface area contributed by atoms with E-state index in [0.717, 1.165) is 22.1 Å². The third-order valence-corrected chi connectivity index (χ3v) is 5.53. The first kappa shape index (κ1) is 21.9. The summed E-state index contributed by atoms with van der Waals surface area (Å²) in [7, 11) is 0. The van der Waals surface area contributed by atoms with E-state index in [0.29, 0.717) is 41.3 Å². The summed E-state index contributed by atoms with van der Waals surface area (Å²) in [5.41, 5.74) is 3.12. The summed E-state index contributed by atoms with van der Waals surface area (Å²) in [6.45, 7) is 4.26. The zero-order chi connectivity index (χ0) is 20.6. The Hall–Kier alpha value is -1.79. The van der Waals surface area contributed by atoms with Crippen LogP contribution in [0.1, 0.15) is 23.6 Å². The van der Waals surface area contributed by atoms with Gasteiger partial charge in [0.15, 0.2) is 11.5 Å². The fourth-order valence-electron chi connectivity index (χ4n) is 2.73. The highest BCUT2D eigenvalue weighted by molar-refractivity contribution is 9.10. The zero-order valence-electron chi connectivity index (χ0n) is 15.9. The lowest BCUT2D eigenvalue weighted by molar-refractivity contribution is 0.269. The van der Waals surface area contributed by atoms with E-state index in [-0.39, 0.29) is 0 Å². The van der Waals surface area contributed by atoms with E-state index >= 15 is 0 Å². The van der Waals surface area contributed by atoms with Gasteiger partial charge in [0.05, 0.1) is 6.61 Å². The molecular weight excluding hydrogens is 475 g/mol. The van der Waals surface area contributed by atoms with Crippen LogP contribution in [0.5, 0.6) is 11.5 Å². The van der Waals surface area contributed by atoms with E-state index in [1.165, 1.54) is 5.56 Å². The molecule has 0 atom stereocenters. The number of rotatable bonds is 9. The molecule has 3 aromatic rings. The molecule has 3 rings (SSSR count). The Morgan fingerprint density at radius 3 is 2.41 bits per heavy atom. The summed E-state index contributed by atoms with van der Waals surface area (Å²) >= 11 is 15.8. The lowest BCUT2D eigenvalue weighted by atomic mass is 10.2. The lowest BCUT2D eigenvalue weighted by Gasteiger charge is -2.16. The minimum absolute atomic E-state index is 0.322. The smallest absolute Gasteiger partial charge is 0.162 e. The summed E-state index contributed by atoms with van der Waals surface area (Å²) in [6.07, 6.45) is 3.58. The van der Waals surface area contributed by atoms with Crippen molar-refractivity contribution in [3.8, 4) is 11.5 Å². The normalized spacial score (nSPS) is 10.8. The van der Waals surface area contributed by atoms with Gasteiger partial charge < -0.3 is 14.8 Å². The molecule has 0 aliphatic heterocycles. The van der Waals surface area contributed by atoms with Crippen LogP contribution in [-0.2, 0) is 19.7 Å². The molecule has 1 heterocycles. The number of hydrogen-bond donors (Lipinski definition) is 1.